The quantitative estimate of drug-likeness (QED) is 0.686. The van der Waals surface area contributed by atoms with E-state index in [1.807, 2.05) is 0 Å². The molecule has 2 unspecified atom stereocenters. The Morgan fingerprint density at radius 1 is 1.43 bits per heavy atom. The van der Waals surface area contributed by atoms with Gasteiger partial charge in [-0.2, -0.15) is 0 Å². The summed E-state index contributed by atoms with van der Waals surface area (Å²) < 4.78 is 0. The summed E-state index contributed by atoms with van der Waals surface area (Å²) in [4.78, 5) is 2.60. The van der Waals surface area contributed by atoms with Gasteiger partial charge in [-0.25, -0.2) is 0 Å². The Hall–Kier alpha value is -0.0800. The number of nitrogens with zero attached hydrogens (tertiary/aromatic N) is 1. The van der Waals surface area contributed by atoms with Crippen molar-refractivity contribution in [2.75, 3.05) is 19.6 Å². The van der Waals surface area contributed by atoms with E-state index in [-0.39, 0.29) is 0 Å². The maximum absolute atomic E-state index is 5.96. The van der Waals surface area contributed by atoms with Gasteiger partial charge in [-0.05, 0) is 45.2 Å². The fourth-order valence-electron chi connectivity index (χ4n) is 2.31. The number of rotatable bonds is 5. The Morgan fingerprint density at radius 3 is 2.86 bits per heavy atom. The molecule has 0 saturated carbocycles. The molecule has 14 heavy (non-hydrogen) atoms. The molecule has 0 spiro atoms. The number of nitrogens with two attached hydrogens (primary N) is 1. The van der Waals surface area contributed by atoms with Crippen LogP contribution in [0.5, 0.6) is 0 Å². The molecule has 1 rings (SSSR count). The highest BCUT2D eigenvalue weighted by molar-refractivity contribution is 4.78. The minimum Gasteiger partial charge on any atom is -0.328 e. The van der Waals surface area contributed by atoms with Crippen molar-refractivity contribution in [3.8, 4) is 0 Å². The summed E-state index contributed by atoms with van der Waals surface area (Å²) in [6.07, 6.45) is 6.74. The van der Waals surface area contributed by atoms with Crippen LogP contribution in [0.15, 0.2) is 0 Å². The lowest BCUT2D eigenvalue weighted by Crippen LogP contribution is -2.42. The van der Waals surface area contributed by atoms with Crippen LogP contribution >= 0.6 is 0 Å². The number of piperidine rings is 1. The number of hydrogen-bond acceptors (Lipinski definition) is 2. The van der Waals surface area contributed by atoms with Crippen molar-refractivity contribution >= 4 is 0 Å². The minimum absolute atomic E-state index is 0.379. The molecule has 1 saturated heterocycles. The maximum atomic E-state index is 5.96. The second-order valence-corrected chi connectivity index (χ2v) is 4.77. The van der Waals surface area contributed by atoms with Crippen LogP contribution < -0.4 is 5.73 Å². The monoisotopic (exact) mass is 198 g/mol. The fourth-order valence-corrected chi connectivity index (χ4v) is 2.31. The molecule has 2 atom stereocenters. The number of hydrogen-bond donors (Lipinski definition) is 1. The molecular weight excluding hydrogens is 172 g/mol. The lowest BCUT2D eigenvalue weighted by atomic mass is 9.92. The first-order valence-corrected chi connectivity index (χ1v) is 6.22. The number of unbranched alkanes of at least 4 members (excludes halogenated alkanes) is 2. The lowest BCUT2D eigenvalue weighted by Gasteiger charge is -2.34. The van der Waals surface area contributed by atoms with Crippen LogP contribution in [0, 0.1) is 5.92 Å². The van der Waals surface area contributed by atoms with Crippen molar-refractivity contribution in [3.05, 3.63) is 0 Å². The summed E-state index contributed by atoms with van der Waals surface area (Å²) in [6, 6.07) is 0.379. The zero-order valence-electron chi connectivity index (χ0n) is 9.84. The van der Waals surface area contributed by atoms with Crippen LogP contribution in [-0.2, 0) is 0 Å². The van der Waals surface area contributed by atoms with Gasteiger partial charge in [0.05, 0.1) is 0 Å². The van der Waals surface area contributed by atoms with Gasteiger partial charge in [-0.15, -0.1) is 0 Å². The van der Waals surface area contributed by atoms with Gasteiger partial charge < -0.3 is 10.6 Å². The normalized spacial score (nSPS) is 26.4. The van der Waals surface area contributed by atoms with Crippen LogP contribution in [0.25, 0.3) is 0 Å². The van der Waals surface area contributed by atoms with Gasteiger partial charge in [0, 0.05) is 12.6 Å². The maximum Gasteiger partial charge on any atom is 0.00509 e. The zero-order chi connectivity index (χ0) is 10.4. The molecule has 2 N–H and O–H groups in total. The van der Waals surface area contributed by atoms with E-state index in [4.69, 9.17) is 5.73 Å². The molecule has 2 heteroatoms. The third-order valence-corrected chi connectivity index (χ3v) is 3.36. The smallest absolute Gasteiger partial charge is 0.00509 e. The van der Waals surface area contributed by atoms with E-state index in [9.17, 15) is 0 Å². The molecule has 0 aliphatic carbocycles. The van der Waals surface area contributed by atoms with Crippen molar-refractivity contribution < 1.29 is 0 Å². The molecule has 0 aromatic carbocycles. The average molecular weight is 198 g/mol. The predicted molar refractivity (Wildman–Crippen MR) is 62.3 cm³/mol. The molecule has 1 aliphatic rings. The first-order chi connectivity index (χ1) is 6.74. The predicted octanol–water partition coefficient (Wildman–Crippen LogP) is 2.24. The van der Waals surface area contributed by atoms with Crippen molar-refractivity contribution in [2.24, 2.45) is 11.7 Å². The first-order valence-electron chi connectivity index (χ1n) is 6.22. The Morgan fingerprint density at radius 2 is 2.21 bits per heavy atom. The summed E-state index contributed by atoms with van der Waals surface area (Å²) in [5.41, 5.74) is 5.96. The molecule has 0 bridgehead atoms. The summed E-state index contributed by atoms with van der Waals surface area (Å²) in [7, 11) is 0. The van der Waals surface area contributed by atoms with Gasteiger partial charge in [0.2, 0.25) is 0 Å². The fraction of sp³-hybridized carbons (Fsp3) is 1.00. The highest BCUT2D eigenvalue weighted by atomic mass is 15.1. The highest BCUT2D eigenvalue weighted by Gasteiger charge is 2.21. The lowest BCUT2D eigenvalue weighted by molar-refractivity contribution is 0.158. The van der Waals surface area contributed by atoms with Gasteiger partial charge in [-0.1, -0.05) is 19.8 Å². The second kappa shape index (κ2) is 6.41. The summed E-state index contributed by atoms with van der Waals surface area (Å²) in [5.74, 6) is 0.741. The Kier molecular flexibility index (Phi) is 5.49. The van der Waals surface area contributed by atoms with Crippen molar-refractivity contribution in [3.63, 3.8) is 0 Å². The average Bonchev–Trinajstić information content (AvgIpc) is 2.19. The van der Waals surface area contributed by atoms with Gasteiger partial charge in [-0.3, -0.25) is 0 Å². The second-order valence-electron chi connectivity index (χ2n) is 4.77. The number of likely N-dealkylation sites (tertiary alicyclic amines) is 1. The van der Waals surface area contributed by atoms with E-state index in [1.165, 1.54) is 51.7 Å². The van der Waals surface area contributed by atoms with Crippen molar-refractivity contribution in [1.82, 2.24) is 4.90 Å². The van der Waals surface area contributed by atoms with E-state index in [0.29, 0.717) is 6.04 Å². The topological polar surface area (TPSA) is 29.3 Å². The first kappa shape index (κ1) is 12.0. The summed E-state index contributed by atoms with van der Waals surface area (Å²) in [5, 5.41) is 0. The largest absolute Gasteiger partial charge is 0.328 e. The SMILES string of the molecule is CCCCCN1CCCC(C(C)N)C1. The zero-order valence-corrected chi connectivity index (χ0v) is 9.84. The van der Waals surface area contributed by atoms with E-state index >= 15 is 0 Å². The van der Waals surface area contributed by atoms with Crippen molar-refractivity contribution in [2.45, 2.75) is 52.0 Å². The molecule has 0 aromatic heterocycles. The van der Waals surface area contributed by atoms with E-state index in [0.717, 1.165) is 5.92 Å². The molecule has 0 radical (unpaired) electrons. The molecule has 1 fully saturated rings. The van der Waals surface area contributed by atoms with Crippen LogP contribution in [0.1, 0.15) is 46.0 Å². The van der Waals surface area contributed by atoms with Gasteiger partial charge in [0.15, 0.2) is 0 Å². The molecule has 1 heterocycles. The van der Waals surface area contributed by atoms with E-state index < -0.39 is 0 Å². The summed E-state index contributed by atoms with van der Waals surface area (Å²) >= 11 is 0. The van der Waals surface area contributed by atoms with Crippen LogP contribution in [0.2, 0.25) is 0 Å². The molecule has 84 valence electrons. The summed E-state index contributed by atoms with van der Waals surface area (Å²) in [6.45, 7) is 8.24. The van der Waals surface area contributed by atoms with Crippen LogP contribution in [-0.4, -0.2) is 30.6 Å². The highest BCUT2D eigenvalue weighted by Crippen LogP contribution is 2.18. The van der Waals surface area contributed by atoms with E-state index in [1.54, 1.807) is 0 Å². The van der Waals surface area contributed by atoms with Gasteiger partial charge in [0.25, 0.3) is 0 Å². The van der Waals surface area contributed by atoms with Gasteiger partial charge in [0.1, 0.15) is 0 Å². The molecule has 2 nitrogen and oxygen atoms in total. The minimum atomic E-state index is 0.379. The van der Waals surface area contributed by atoms with Crippen LogP contribution in [0.4, 0.5) is 0 Å². The molecular formula is C12H26N2. The molecule has 1 aliphatic heterocycles. The van der Waals surface area contributed by atoms with Crippen molar-refractivity contribution in [1.29, 1.82) is 0 Å². The standard InChI is InChI=1S/C12H26N2/c1-3-4-5-8-14-9-6-7-12(10-14)11(2)13/h11-12H,3-10,13H2,1-2H3. The van der Waals surface area contributed by atoms with Gasteiger partial charge >= 0.3 is 0 Å². The molecule has 0 amide bonds. The van der Waals surface area contributed by atoms with E-state index in [2.05, 4.69) is 18.7 Å². The third-order valence-electron chi connectivity index (χ3n) is 3.36. The third kappa shape index (κ3) is 3.97. The Bertz CT molecular complexity index is 145. The Balaban J connectivity index is 2.19. The Labute approximate surface area is 88.8 Å². The van der Waals surface area contributed by atoms with Crippen LogP contribution in [0.3, 0.4) is 0 Å². The molecule has 0 aromatic rings.